The SMILES string of the molecule is NC(CNC(=O)CCC(=O)NS(=O)(=O)c1ccccc1)C(=O)O. The fourth-order valence-electron chi connectivity index (χ4n) is 1.49. The van der Waals surface area contributed by atoms with Gasteiger partial charge in [0.2, 0.25) is 11.8 Å². The van der Waals surface area contributed by atoms with Crippen LogP contribution in [0.3, 0.4) is 0 Å². The first-order valence-electron chi connectivity index (χ1n) is 6.58. The summed E-state index contributed by atoms with van der Waals surface area (Å²) in [5, 5.41) is 10.8. The Labute approximate surface area is 132 Å². The molecule has 1 rings (SSSR count). The number of hydrogen-bond donors (Lipinski definition) is 4. The number of carbonyl (C=O) groups excluding carboxylic acids is 2. The summed E-state index contributed by atoms with van der Waals surface area (Å²) in [6.45, 7) is -0.280. The van der Waals surface area contributed by atoms with E-state index in [2.05, 4.69) is 5.32 Å². The molecule has 1 aromatic carbocycles. The molecular weight excluding hydrogens is 326 g/mol. The average Bonchev–Trinajstić information content (AvgIpc) is 2.50. The van der Waals surface area contributed by atoms with Gasteiger partial charge in [0, 0.05) is 19.4 Å². The zero-order valence-electron chi connectivity index (χ0n) is 12.1. The van der Waals surface area contributed by atoms with E-state index in [0.29, 0.717) is 0 Å². The largest absolute Gasteiger partial charge is 0.480 e. The molecule has 0 saturated heterocycles. The number of carboxylic acid groups (broad SMARTS) is 1. The molecule has 0 bridgehead atoms. The second-order valence-corrected chi connectivity index (χ2v) is 6.27. The molecule has 0 radical (unpaired) electrons. The smallest absolute Gasteiger partial charge is 0.322 e. The summed E-state index contributed by atoms with van der Waals surface area (Å²) in [5.74, 6) is -2.71. The molecule has 126 valence electrons. The Bertz CT molecular complexity index is 674. The van der Waals surface area contributed by atoms with Crippen molar-refractivity contribution in [3.8, 4) is 0 Å². The lowest BCUT2D eigenvalue weighted by Gasteiger charge is -2.09. The number of amides is 2. The van der Waals surface area contributed by atoms with Crippen LogP contribution in [0.5, 0.6) is 0 Å². The number of benzene rings is 1. The Kier molecular flexibility index (Phi) is 6.66. The summed E-state index contributed by atoms with van der Waals surface area (Å²) >= 11 is 0. The van der Waals surface area contributed by atoms with E-state index < -0.39 is 33.8 Å². The highest BCUT2D eigenvalue weighted by Crippen LogP contribution is 2.07. The molecular formula is C13H17N3O6S. The molecule has 2 amide bonds. The lowest BCUT2D eigenvalue weighted by molar-refractivity contribution is -0.138. The first kappa shape index (κ1) is 18.6. The average molecular weight is 343 g/mol. The molecule has 0 aliphatic rings. The van der Waals surface area contributed by atoms with Crippen molar-refractivity contribution in [2.75, 3.05) is 6.54 Å². The third-order valence-corrected chi connectivity index (χ3v) is 4.11. The molecule has 0 aliphatic carbocycles. The summed E-state index contributed by atoms with van der Waals surface area (Å²) in [7, 11) is -3.97. The van der Waals surface area contributed by atoms with Crippen molar-refractivity contribution < 1.29 is 27.9 Å². The van der Waals surface area contributed by atoms with Crippen LogP contribution in [0.25, 0.3) is 0 Å². The van der Waals surface area contributed by atoms with Gasteiger partial charge < -0.3 is 16.2 Å². The third kappa shape index (κ3) is 6.45. The molecule has 1 aromatic rings. The Morgan fingerprint density at radius 2 is 1.65 bits per heavy atom. The predicted molar refractivity (Wildman–Crippen MR) is 79.6 cm³/mol. The van der Waals surface area contributed by atoms with Gasteiger partial charge in [-0.1, -0.05) is 18.2 Å². The quantitative estimate of drug-likeness (QED) is 0.462. The first-order valence-corrected chi connectivity index (χ1v) is 8.06. The molecule has 0 aliphatic heterocycles. The van der Waals surface area contributed by atoms with Crippen molar-refractivity contribution in [1.82, 2.24) is 10.0 Å². The van der Waals surface area contributed by atoms with E-state index in [9.17, 15) is 22.8 Å². The van der Waals surface area contributed by atoms with Gasteiger partial charge >= 0.3 is 5.97 Å². The van der Waals surface area contributed by atoms with Crippen LogP contribution >= 0.6 is 0 Å². The standard InChI is InChI=1S/C13H17N3O6S/c14-10(13(19)20)8-15-11(17)6-7-12(18)16-23(21,22)9-4-2-1-3-5-9/h1-5,10H,6-8,14H2,(H,15,17)(H,16,18)(H,19,20). The van der Waals surface area contributed by atoms with Crippen LogP contribution < -0.4 is 15.8 Å². The van der Waals surface area contributed by atoms with Crippen LogP contribution in [-0.4, -0.2) is 43.9 Å². The van der Waals surface area contributed by atoms with Crippen LogP contribution in [0.15, 0.2) is 35.2 Å². The number of hydrogen-bond acceptors (Lipinski definition) is 6. The van der Waals surface area contributed by atoms with E-state index >= 15 is 0 Å². The van der Waals surface area contributed by atoms with Gasteiger partial charge in [-0.15, -0.1) is 0 Å². The summed E-state index contributed by atoms with van der Waals surface area (Å²) in [4.78, 5) is 33.4. The zero-order valence-corrected chi connectivity index (χ0v) is 12.9. The number of carboxylic acids is 1. The fourth-order valence-corrected chi connectivity index (χ4v) is 2.52. The van der Waals surface area contributed by atoms with Gasteiger partial charge in [-0.3, -0.25) is 14.4 Å². The van der Waals surface area contributed by atoms with Crippen LogP contribution in [0.2, 0.25) is 0 Å². The second-order valence-electron chi connectivity index (χ2n) is 4.59. The maximum atomic E-state index is 11.9. The van der Waals surface area contributed by atoms with E-state index in [1.54, 1.807) is 6.07 Å². The van der Waals surface area contributed by atoms with Gasteiger partial charge in [-0.2, -0.15) is 0 Å². The van der Waals surface area contributed by atoms with Crippen LogP contribution in [0.4, 0.5) is 0 Å². The number of aliphatic carboxylic acids is 1. The summed E-state index contributed by atoms with van der Waals surface area (Å²) in [6.07, 6.45) is -0.650. The Morgan fingerprint density at radius 1 is 1.09 bits per heavy atom. The number of sulfonamides is 1. The monoisotopic (exact) mass is 343 g/mol. The molecule has 23 heavy (non-hydrogen) atoms. The molecule has 5 N–H and O–H groups in total. The fraction of sp³-hybridized carbons (Fsp3) is 0.308. The summed E-state index contributed by atoms with van der Waals surface area (Å²) in [5.41, 5.74) is 5.20. The third-order valence-electron chi connectivity index (χ3n) is 2.72. The van der Waals surface area contributed by atoms with E-state index in [-0.39, 0.29) is 24.3 Å². The van der Waals surface area contributed by atoms with E-state index in [0.717, 1.165) is 0 Å². The number of carbonyl (C=O) groups is 3. The molecule has 0 fully saturated rings. The minimum atomic E-state index is -3.97. The molecule has 1 atom stereocenters. The molecule has 1 unspecified atom stereocenters. The predicted octanol–water partition coefficient (Wildman–Crippen LogP) is -1.20. The van der Waals surface area contributed by atoms with Crippen LogP contribution in [0.1, 0.15) is 12.8 Å². The van der Waals surface area contributed by atoms with Crippen molar-refractivity contribution in [2.45, 2.75) is 23.8 Å². The lowest BCUT2D eigenvalue weighted by Crippen LogP contribution is -2.42. The highest BCUT2D eigenvalue weighted by Gasteiger charge is 2.18. The Balaban J connectivity index is 2.43. The first-order chi connectivity index (χ1) is 10.7. The molecule has 9 nitrogen and oxygen atoms in total. The highest BCUT2D eigenvalue weighted by atomic mass is 32.2. The van der Waals surface area contributed by atoms with E-state index in [1.165, 1.54) is 24.3 Å². The normalized spacial score (nSPS) is 12.2. The number of rotatable bonds is 8. The van der Waals surface area contributed by atoms with Crippen molar-refractivity contribution in [3.63, 3.8) is 0 Å². The minimum absolute atomic E-state index is 0.0646. The zero-order chi connectivity index (χ0) is 17.5. The van der Waals surface area contributed by atoms with Crippen molar-refractivity contribution in [1.29, 1.82) is 0 Å². The minimum Gasteiger partial charge on any atom is -0.480 e. The van der Waals surface area contributed by atoms with Gasteiger partial charge in [-0.05, 0) is 12.1 Å². The van der Waals surface area contributed by atoms with Crippen LogP contribution in [0, 0.1) is 0 Å². The van der Waals surface area contributed by atoms with Gasteiger partial charge in [-0.25, -0.2) is 13.1 Å². The maximum Gasteiger partial charge on any atom is 0.322 e. The van der Waals surface area contributed by atoms with E-state index in [1.807, 2.05) is 4.72 Å². The van der Waals surface area contributed by atoms with E-state index in [4.69, 9.17) is 10.8 Å². The molecule has 0 saturated carbocycles. The molecule has 0 spiro atoms. The van der Waals surface area contributed by atoms with Crippen LogP contribution in [-0.2, 0) is 24.4 Å². The molecule has 0 aromatic heterocycles. The van der Waals surface area contributed by atoms with Crippen molar-refractivity contribution >= 4 is 27.8 Å². The number of nitrogens with two attached hydrogens (primary N) is 1. The topological polar surface area (TPSA) is 156 Å². The molecule has 0 heterocycles. The summed E-state index contributed by atoms with van der Waals surface area (Å²) < 4.78 is 25.6. The van der Waals surface area contributed by atoms with Gasteiger partial charge in [0.25, 0.3) is 10.0 Å². The maximum absolute atomic E-state index is 11.9. The van der Waals surface area contributed by atoms with Gasteiger partial charge in [0.15, 0.2) is 0 Å². The highest BCUT2D eigenvalue weighted by molar-refractivity contribution is 7.90. The Hall–Kier alpha value is -2.46. The van der Waals surface area contributed by atoms with Gasteiger partial charge in [0.1, 0.15) is 6.04 Å². The lowest BCUT2D eigenvalue weighted by atomic mass is 10.2. The second kappa shape index (κ2) is 8.25. The van der Waals surface area contributed by atoms with Crippen molar-refractivity contribution in [3.05, 3.63) is 30.3 Å². The van der Waals surface area contributed by atoms with Gasteiger partial charge in [0.05, 0.1) is 4.90 Å². The molecule has 10 heteroatoms. The summed E-state index contributed by atoms with van der Waals surface area (Å²) in [6, 6.07) is 6.07. The Morgan fingerprint density at radius 3 is 2.22 bits per heavy atom. The van der Waals surface area contributed by atoms with Crippen molar-refractivity contribution in [2.24, 2.45) is 5.73 Å². The number of nitrogens with one attached hydrogen (secondary N) is 2.